The third-order valence-corrected chi connectivity index (χ3v) is 4.51. The Labute approximate surface area is 168 Å². The average molecular weight is 440 g/mol. The Balaban J connectivity index is 1.75. The van der Waals surface area contributed by atoms with Crippen molar-refractivity contribution in [1.82, 2.24) is 15.1 Å². The van der Waals surface area contributed by atoms with Gasteiger partial charge in [-0.1, -0.05) is 28.1 Å². The molecule has 7 nitrogen and oxygen atoms in total. The van der Waals surface area contributed by atoms with Crippen LogP contribution in [-0.2, 0) is 20.7 Å². The fraction of sp³-hybridized carbons (Fsp3) is 0.526. The Hall–Kier alpha value is -2.09. The molecule has 0 unspecified atom stereocenters. The number of ether oxygens (including phenoxy) is 1. The summed E-state index contributed by atoms with van der Waals surface area (Å²) in [5.74, 6) is -0.132. The lowest BCUT2D eigenvalue weighted by Crippen LogP contribution is -2.53. The van der Waals surface area contributed by atoms with E-state index in [1.807, 2.05) is 24.3 Å². The molecule has 0 aliphatic carbocycles. The molecule has 1 heterocycles. The first-order valence-electron chi connectivity index (χ1n) is 8.91. The second-order valence-electron chi connectivity index (χ2n) is 7.42. The molecule has 0 saturated carbocycles. The molecular weight excluding hydrogens is 414 g/mol. The first-order valence-corrected chi connectivity index (χ1v) is 9.70. The number of alkyl carbamates (subject to hydrolysis) is 1. The molecule has 1 N–H and O–H groups in total. The highest BCUT2D eigenvalue weighted by molar-refractivity contribution is 9.10. The van der Waals surface area contributed by atoms with E-state index in [1.165, 1.54) is 0 Å². The second kappa shape index (κ2) is 9.21. The number of hydrogen-bond donors (Lipinski definition) is 1. The Kier molecular flexibility index (Phi) is 7.24. The van der Waals surface area contributed by atoms with Crippen molar-refractivity contribution in [2.75, 3.05) is 32.7 Å². The van der Waals surface area contributed by atoms with Crippen LogP contribution in [0.15, 0.2) is 28.7 Å². The predicted molar refractivity (Wildman–Crippen MR) is 105 cm³/mol. The van der Waals surface area contributed by atoms with Crippen LogP contribution in [0.3, 0.4) is 0 Å². The third kappa shape index (κ3) is 7.21. The molecule has 3 amide bonds. The lowest BCUT2D eigenvalue weighted by Gasteiger charge is -2.35. The van der Waals surface area contributed by atoms with Gasteiger partial charge in [-0.25, -0.2) is 4.79 Å². The van der Waals surface area contributed by atoms with Crippen molar-refractivity contribution >= 4 is 33.8 Å². The zero-order valence-corrected chi connectivity index (χ0v) is 17.5. The molecule has 8 heteroatoms. The van der Waals surface area contributed by atoms with Crippen molar-refractivity contribution in [2.45, 2.75) is 32.8 Å². The maximum absolute atomic E-state index is 12.4. The van der Waals surface area contributed by atoms with E-state index in [2.05, 4.69) is 21.2 Å². The number of nitrogens with one attached hydrogen (secondary N) is 1. The quantitative estimate of drug-likeness (QED) is 0.779. The highest BCUT2D eigenvalue weighted by Crippen LogP contribution is 2.13. The van der Waals surface area contributed by atoms with Crippen molar-refractivity contribution in [1.29, 1.82) is 0 Å². The maximum Gasteiger partial charge on any atom is 0.408 e. The van der Waals surface area contributed by atoms with Crippen LogP contribution in [0.5, 0.6) is 0 Å². The average Bonchev–Trinajstić information content (AvgIpc) is 2.58. The molecular formula is C19H26BrN3O4. The van der Waals surface area contributed by atoms with Gasteiger partial charge in [0.1, 0.15) is 12.1 Å². The van der Waals surface area contributed by atoms with Gasteiger partial charge in [-0.2, -0.15) is 0 Å². The summed E-state index contributed by atoms with van der Waals surface area (Å²) in [4.78, 5) is 39.7. The predicted octanol–water partition coefficient (Wildman–Crippen LogP) is 2.19. The van der Waals surface area contributed by atoms with Crippen LogP contribution in [-0.4, -0.2) is 66.0 Å². The zero-order chi connectivity index (χ0) is 20.0. The topological polar surface area (TPSA) is 79.0 Å². The minimum atomic E-state index is -0.612. The van der Waals surface area contributed by atoms with Crippen LogP contribution >= 0.6 is 15.9 Å². The molecule has 1 aromatic rings. The fourth-order valence-corrected chi connectivity index (χ4v) is 3.16. The van der Waals surface area contributed by atoms with E-state index in [9.17, 15) is 14.4 Å². The molecule has 1 fully saturated rings. The van der Waals surface area contributed by atoms with E-state index in [0.717, 1.165) is 10.0 Å². The molecule has 0 aromatic heterocycles. The zero-order valence-electron chi connectivity index (χ0n) is 16.0. The van der Waals surface area contributed by atoms with Crippen LogP contribution in [0.1, 0.15) is 26.3 Å². The lowest BCUT2D eigenvalue weighted by atomic mass is 10.1. The minimum absolute atomic E-state index is 0.0482. The van der Waals surface area contributed by atoms with Crippen LogP contribution in [0.25, 0.3) is 0 Å². The molecule has 0 radical (unpaired) electrons. The number of benzene rings is 1. The van der Waals surface area contributed by atoms with Gasteiger partial charge in [0.2, 0.25) is 11.8 Å². The van der Waals surface area contributed by atoms with Crippen molar-refractivity contribution in [3.63, 3.8) is 0 Å². The number of nitrogens with zero attached hydrogens (tertiary/aromatic N) is 2. The van der Waals surface area contributed by atoms with E-state index in [0.29, 0.717) is 32.6 Å². The summed E-state index contributed by atoms with van der Waals surface area (Å²) in [5, 5.41) is 2.47. The summed E-state index contributed by atoms with van der Waals surface area (Å²) in [6.07, 6.45) is -0.271. The summed E-state index contributed by atoms with van der Waals surface area (Å²) in [7, 11) is 0. The van der Waals surface area contributed by atoms with Crippen LogP contribution in [0.4, 0.5) is 4.79 Å². The largest absolute Gasteiger partial charge is 0.444 e. The van der Waals surface area contributed by atoms with Gasteiger partial charge in [0.25, 0.3) is 0 Å². The van der Waals surface area contributed by atoms with E-state index < -0.39 is 11.7 Å². The molecule has 0 spiro atoms. The number of carbonyl (C=O) groups excluding carboxylic acids is 3. The van der Waals surface area contributed by atoms with E-state index in [-0.39, 0.29) is 18.4 Å². The van der Waals surface area contributed by atoms with Crippen molar-refractivity contribution in [2.24, 2.45) is 0 Å². The van der Waals surface area contributed by atoms with Gasteiger partial charge in [-0.15, -0.1) is 0 Å². The summed E-state index contributed by atoms with van der Waals surface area (Å²) in [6, 6.07) is 7.68. The van der Waals surface area contributed by atoms with Crippen molar-refractivity contribution < 1.29 is 19.1 Å². The molecule has 1 aliphatic rings. The Bertz CT molecular complexity index is 694. The van der Waals surface area contributed by atoms with E-state index in [4.69, 9.17) is 4.74 Å². The number of hydrogen-bond acceptors (Lipinski definition) is 4. The number of piperazine rings is 1. The van der Waals surface area contributed by atoms with Gasteiger partial charge in [0.05, 0.1) is 6.42 Å². The number of halogens is 1. The first kappa shape index (κ1) is 21.2. The van der Waals surface area contributed by atoms with Crippen LogP contribution in [0, 0.1) is 0 Å². The number of rotatable bonds is 4. The number of amides is 3. The van der Waals surface area contributed by atoms with Gasteiger partial charge in [0.15, 0.2) is 0 Å². The van der Waals surface area contributed by atoms with E-state index in [1.54, 1.807) is 30.6 Å². The van der Waals surface area contributed by atoms with Gasteiger partial charge in [-0.3, -0.25) is 9.59 Å². The minimum Gasteiger partial charge on any atom is -0.444 e. The summed E-state index contributed by atoms with van der Waals surface area (Å²) in [6.45, 7) is 7.07. The molecule has 27 heavy (non-hydrogen) atoms. The smallest absolute Gasteiger partial charge is 0.408 e. The van der Waals surface area contributed by atoms with Gasteiger partial charge in [-0.05, 0) is 38.5 Å². The first-order chi connectivity index (χ1) is 12.6. The van der Waals surface area contributed by atoms with Gasteiger partial charge >= 0.3 is 6.09 Å². The van der Waals surface area contributed by atoms with Gasteiger partial charge in [0, 0.05) is 30.7 Å². The van der Waals surface area contributed by atoms with Crippen LogP contribution < -0.4 is 5.32 Å². The molecule has 1 saturated heterocycles. The lowest BCUT2D eigenvalue weighted by molar-refractivity contribution is -0.138. The number of carbonyl (C=O) groups is 3. The molecule has 1 aliphatic heterocycles. The molecule has 148 valence electrons. The van der Waals surface area contributed by atoms with Crippen molar-refractivity contribution in [3.05, 3.63) is 34.3 Å². The van der Waals surface area contributed by atoms with Crippen molar-refractivity contribution in [3.8, 4) is 0 Å². The maximum atomic E-state index is 12.4. The van der Waals surface area contributed by atoms with E-state index >= 15 is 0 Å². The Morgan fingerprint density at radius 3 is 2.22 bits per heavy atom. The van der Waals surface area contributed by atoms with Gasteiger partial charge < -0.3 is 19.9 Å². The SMILES string of the molecule is CC(C)(C)OC(=O)NCC(=O)N1CCN(C(=O)Cc2cccc(Br)c2)CC1. The summed E-state index contributed by atoms with van der Waals surface area (Å²) in [5.41, 5.74) is 0.349. The monoisotopic (exact) mass is 439 g/mol. The standard InChI is InChI=1S/C19H26BrN3O4/c1-19(2,3)27-18(26)21-13-17(25)23-9-7-22(8-10-23)16(24)12-14-5-4-6-15(20)11-14/h4-6,11H,7-10,12-13H2,1-3H3,(H,21,26). The highest BCUT2D eigenvalue weighted by Gasteiger charge is 2.25. The molecule has 0 atom stereocenters. The molecule has 0 bridgehead atoms. The normalized spacial score (nSPS) is 14.7. The Morgan fingerprint density at radius 1 is 1.07 bits per heavy atom. The fourth-order valence-electron chi connectivity index (χ4n) is 2.71. The summed E-state index contributed by atoms with van der Waals surface area (Å²) >= 11 is 3.40. The second-order valence-corrected chi connectivity index (χ2v) is 8.34. The third-order valence-electron chi connectivity index (χ3n) is 4.01. The summed E-state index contributed by atoms with van der Waals surface area (Å²) < 4.78 is 6.06. The molecule has 2 rings (SSSR count). The highest BCUT2D eigenvalue weighted by atomic mass is 79.9. The Morgan fingerprint density at radius 2 is 1.67 bits per heavy atom. The van der Waals surface area contributed by atoms with Crippen LogP contribution in [0.2, 0.25) is 0 Å². The molecule has 1 aromatic carbocycles.